The molecular weight excluding hydrogens is 342 g/mol. The van der Waals surface area contributed by atoms with Gasteiger partial charge in [0.05, 0.1) is 17.3 Å². The number of rotatable bonds is 4. The van der Waals surface area contributed by atoms with Crippen LogP contribution in [0.5, 0.6) is 0 Å². The van der Waals surface area contributed by atoms with Crippen LogP contribution >= 0.6 is 0 Å². The topological polar surface area (TPSA) is 75.4 Å². The van der Waals surface area contributed by atoms with Gasteiger partial charge in [-0.2, -0.15) is 0 Å². The standard InChI is InChI=1S/C21H21N3O3/c1-23-10-4-7-18(23)20(26)21(27)24-12-15(19(25)13-24)11-14-8-9-22-17-6-3-2-5-16(14)17/h2-10,15,19,25H,11-13H2,1H3/t15-,19+/m1/s1. The number of para-hydroxylation sites is 1. The molecule has 1 fully saturated rings. The molecule has 138 valence electrons. The van der Waals surface area contributed by atoms with Crippen molar-refractivity contribution in [3.8, 4) is 0 Å². The second kappa shape index (κ2) is 6.96. The van der Waals surface area contributed by atoms with Crippen molar-refractivity contribution in [2.45, 2.75) is 12.5 Å². The molecule has 0 saturated carbocycles. The van der Waals surface area contributed by atoms with Crippen LogP contribution in [0, 0.1) is 5.92 Å². The number of benzene rings is 1. The molecule has 1 aliphatic rings. The highest BCUT2D eigenvalue weighted by molar-refractivity contribution is 6.42. The molecule has 3 aromatic rings. The molecule has 4 rings (SSSR count). The second-order valence-corrected chi connectivity index (χ2v) is 7.06. The van der Waals surface area contributed by atoms with Gasteiger partial charge in [-0.15, -0.1) is 0 Å². The van der Waals surface area contributed by atoms with Crippen molar-refractivity contribution in [1.82, 2.24) is 14.5 Å². The molecule has 6 heteroatoms. The minimum Gasteiger partial charge on any atom is -0.391 e. The van der Waals surface area contributed by atoms with Crippen molar-refractivity contribution in [1.29, 1.82) is 0 Å². The van der Waals surface area contributed by atoms with Gasteiger partial charge in [-0.05, 0) is 36.2 Å². The summed E-state index contributed by atoms with van der Waals surface area (Å²) in [6, 6.07) is 13.2. The van der Waals surface area contributed by atoms with Crippen LogP contribution in [-0.4, -0.2) is 50.4 Å². The van der Waals surface area contributed by atoms with Crippen LogP contribution in [-0.2, 0) is 18.3 Å². The van der Waals surface area contributed by atoms with Gasteiger partial charge in [0.15, 0.2) is 0 Å². The molecule has 0 aliphatic carbocycles. The molecule has 0 radical (unpaired) electrons. The Bertz CT molecular complexity index is 1010. The van der Waals surface area contributed by atoms with Crippen molar-refractivity contribution in [3.05, 3.63) is 66.1 Å². The highest BCUT2D eigenvalue weighted by atomic mass is 16.3. The number of aromatic nitrogens is 2. The predicted octanol–water partition coefficient (Wildman–Crippen LogP) is 1.82. The van der Waals surface area contributed by atoms with Gasteiger partial charge in [0.1, 0.15) is 0 Å². The maximum absolute atomic E-state index is 12.6. The number of fused-ring (bicyclic) bond motifs is 1. The molecule has 1 amide bonds. The first-order valence-corrected chi connectivity index (χ1v) is 9.00. The normalized spacial score (nSPS) is 19.6. The Morgan fingerprint density at radius 1 is 1.15 bits per heavy atom. The fourth-order valence-electron chi connectivity index (χ4n) is 3.79. The Morgan fingerprint density at radius 3 is 2.74 bits per heavy atom. The Balaban J connectivity index is 1.51. The zero-order valence-electron chi connectivity index (χ0n) is 15.1. The lowest BCUT2D eigenvalue weighted by atomic mass is 9.94. The number of aliphatic hydroxyl groups excluding tert-OH is 1. The van der Waals surface area contributed by atoms with Gasteiger partial charge in [0, 0.05) is 43.8 Å². The number of aliphatic hydroxyl groups is 1. The highest BCUT2D eigenvalue weighted by Gasteiger charge is 2.37. The summed E-state index contributed by atoms with van der Waals surface area (Å²) in [7, 11) is 1.73. The molecule has 2 aromatic heterocycles. The number of likely N-dealkylation sites (tertiary alicyclic amines) is 1. The molecule has 0 unspecified atom stereocenters. The molecule has 6 nitrogen and oxygen atoms in total. The maximum Gasteiger partial charge on any atom is 0.296 e. The van der Waals surface area contributed by atoms with E-state index in [4.69, 9.17) is 0 Å². The van der Waals surface area contributed by atoms with Gasteiger partial charge in [-0.3, -0.25) is 14.6 Å². The Hall–Kier alpha value is -2.99. The lowest BCUT2D eigenvalue weighted by Crippen LogP contribution is -2.36. The van der Waals surface area contributed by atoms with Gasteiger partial charge >= 0.3 is 0 Å². The lowest BCUT2D eigenvalue weighted by Gasteiger charge is -2.16. The minimum atomic E-state index is -0.651. The van der Waals surface area contributed by atoms with E-state index in [0.717, 1.165) is 16.5 Å². The summed E-state index contributed by atoms with van der Waals surface area (Å²) in [5, 5.41) is 11.5. The van der Waals surface area contributed by atoms with Crippen molar-refractivity contribution < 1.29 is 14.7 Å². The Labute approximate surface area is 157 Å². The van der Waals surface area contributed by atoms with Crippen LogP contribution in [0.4, 0.5) is 0 Å². The van der Waals surface area contributed by atoms with Crippen LogP contribution in [0.3, 0.4) is 0 Å². The first kappa shape index (κ1) is 17.4. The molecule has 1 N–H and O–H groups in total. The zero-order chi connectivity index (χ0) is 19.0. The SMILES string of the molecule is Cn1cccc1C(=O)C(=O)N1C[C@@H](Cc2ccnc3ccccc23)[C@@H](O)C1. The van der Waals surface area contributed by atoms with E-state index in [9.17, 15) is 14.7 Å². The van der Waals surface area contributed by atoms with E-state index in [1.54, 1.807) is 36.1 Å². The molecule has 0 bridgehead atoms. The smallest absolute Gasteiger partial charge is 0.296 e. The minimum absolute atomic E-state index is 0.110. The van der Waals surface area contributed by atoms with Gasteiger partial charge in [-0.25, -0.2) is 0 Å². The summed E-state index contributed by atoms with van der Waals surface area (Å²) in [6.45, 7) is 0.551. The number of Topliss-reactive ketones (excluding diaryl/α,β-unsaturated/α-hetero) is 1. The molecule has 1 aromatic carbocycles. The van der Waals surface area contributed by atoms with Gasteiger partial charge in [-0.1, -0.05) is 18.2 Å². The van der Waals surface area contributed by atoms with E-state index >= 15 is 0 Å². The number of amides is 1. The van der Waals surface area contributed by atoms with E-state index in [2.05, 4.69) is 4.98 Å². The van der Waals surface area contributed by atoms with Crippen LogP contribution < -0.4 is 0 Å². The van der Waals surface area contributed by atoms with Crippen molar-refractivity contribution in [2.24, 2.45) is 13.0 Å². The summed E-state index contributed by atoms with van der Waals surface area (Å²) in [4.78, 5) is 30.9. The molecule has 2 atom stereocenters. The highest BCUT2D eigenvalue weighted by Crippen LogP contribution is 2.26. The third-order valence-electron chi connectivity index (χ3n) is 5.29. The number of nitrogens with zero attached hydrogens (tertiary/aromatic N) is 3. The van der Waals surface area contributed by atoms with Crippen molar-refractivity contribution in [2.75, 3.05) is 13.1 Å². The Kier molecular flexibility index (Phi) is 4.49. The number of ketones is 1. The summed E-state index contributed by atoms with van der Waals surface area (Å²) >= 11 is 0. The summed E-state index contributed by atoms with van der Waals surface area (Å²) in [6.07, 6.45) is 3.48. The largest absolute Gasteiger partial charge is 0.391 e. The van der Waals surface area contributed by atoms with Gasteiger partial charge in [0.25, 0.3) is 11.7 Å². The summed E-state index contributed by atoms with van der Waals surface area (Å²) in [5.74, 6) is -1.20. The number of β-amino-alcohol motifs (C(OH)–C–C–N with tert-alkyl or cyclic N) is 1. The summed E-state index contributed by atoms with van der Waals surface area (Å²) in [5.41, 5.74) is 2.36. The molecule has 3 heterocycles. The fourth-order valence-corrected chi connectivity index (χ4v) is 3.79. The van der Waals surface area contributed by atoms with Gasteiger partial charge in [0.2, 0.25) is 0 Å². The number of hydrogen-bond acceptors (Lipinski definition) is 4. The van der Waals surface area contributed by atoms with E-state index in [1.807, 2.05) is 30.3 Å². The molecule has 0 spiro atoms. The number of aryl methyl sites for hydroxylation is 1. The molecule has 1 aliphatic heterocycles. The lowest BCUT2D eigenvalue weighted by molar-refractivity contribution is -0.125. The van der Waals surface area contributed by atoms with E-state index in [1.165, 1.54) is 4.90 Å². The number of carbonyl (C=O) groups excluding carboxylic acids is 2. The first-order valence-electron chi connectivity index (χ1n) is 9.00. The quantitative estimate of drug-likeness (QED) is 0.567. The molecule has 1 saturated heterocycles. The maximum atomic E-state index is 12.6. The Morgan fingerprint density at radius 2 is 1.96 bits per heavy atom. The monoisotopic (exact) mass is 363 g/mol. The van der Waals surface area contributed by atoms with E-state index in [-0.39, 0.29) is 12.5 Å². The van der Waals surface area contributed by atoms with Crippen LogP contribution in [0.2, 0.25) is 0 Å². The summed E-state index contributed by atoms with van der Waals surface area (Å²) < 4.78 is 1.63. The van der Waals surface area contributed by atoms with Crippen LogP contribution in [0.1, 0.15) is 16.1 Å². The number of hydrogen-bond donors (Lipinski definition) is 1. The van der Waals surface area contributed by atoms with Crippen LogP contribution in [0.25, 0.3) is 10.9 Å². The first-order chi connectivity index (χ1) is 13.0. The average Bonchev–Trinajstić information content (AvgIpc) is 3.27. The van der Waals surface area contributed by atoms with E-state index in [0.29, 0.717) is 18.7 Å². The average molecular weight is 363 g/mol. The van der Waals surface area contributed by atoms with Gasteiger partial charge < -0.3 is 14.6 Å². The fraction of sp³-hybridized carbons (Fsp3) is 0.286. The van der Waals surface area contributed by atoms with Crippen molar-refractivity contribution in [3.63, 3.8) is 0 Å². The second-order valence-electron chi connectivity index (χ2n) is 7.06. The molecule has 27 heavy (non-hydrogen) atoms. The third-order valence-corrected chi connectivity index (χ3v) is 5.29. The van der Waals surface area contributed by atoms with E-state index < -0.39 is 17.8 Å². The number of carbonyl (C=O) groups is 2. The van der Waals surface area contributed by atoms with Crippen molar-refractivity contribution >= 4 is 22.6 Å². The molecular formula is C21H21N3O3. The number of pyridine rings is 1. The zero-order valence-corrected chi connectivity index (χ0v) is 15.1. The predicted molar refractivity (Wildman–Crippen MR) is 101 cm³/mol. The third kappa shape index (κ3) is 3.24. The van der Waals surface area contributed by atoms with Crippen LogP contribution in [0.15, 0.2) is 54.9 Å².